The van der Waals surface area contributed by atoms with Crippen LogP contribution in [0.15, 0.2) is 54.6 Å². The molecule has 29 heavy (non-hydrogen) atoms. The number of benzene rings is 2. The number of carbonyl (C=O) groups excluding carboxylic acids is 2. The second kappa shape index (κ2) is 12.3. The molecule has 2 rings (SSSR count). The summed E-state index contributed by atoms with van der Waals surface area (Å²) >= 11 is 1.49. The van der Waals surface area contributed by atoms with Crippen LogP contribution >= 0.6 is 11.8 Å². The van der Waals surface area contributed by atoms with Crippen LogP contribution in [0, 0.1) is 5.82 Å². The van der Waals surface area contributed by atoms with Crippen LogP contribution in [0.25, 0.3) is 0 Å². The number of hydrogen-bond acceptors (Lipinski definition) is 3. The molecule has 4 nitrogen and oxygen atoms in total. The monoisotopic (exact) mass is 416 g/mol. The van der Waals surface area contributed by atoms with E-state index in [0.717, 1.165) is 18.4 Å². The summed E-state index contributed by atoms with van der Waals surface area (Å²) < 4.78 is 14.2. The summed E-state index contributed by atoms with van der Waals surface area (Å²) in [5.41, 5.74) is 1.54. The highest BCUT2D eigenvalue weighted by atomic mass is 32.2. The van der Waals surface area contributed by atoms with E-state index in [2.05, 4.69) is 5.32 Å². The summed E-state index contributed by atoms with van der Waals surface area (Å²) in [6.07, 6.45) is 1.86. The molecular formula is C23H29FN2O2S. The molecular weight excluding hydrogens is 387 g/mol. The van der Waals surface area contributed by atoms with Gasteiger partial charge in [-0.15, -0.1) is 11.8 Å². The van der Waals surface area contributed by atoms with E-state index in [0.29, 0.717) is 17.9 Å². The van der Waals surface area contributed by atoms with E-state index < -0.39 is 6.04 Å². The van der Waals surface area contributed by atoms with Crippen molar-refractivity contribution in [3.8, 4) is 0 Å². The Morgan fingerprint density at radius 2 is 1.79 bits per heavy atom. The molecule has 0 aliphatic heterocycles. The average Bonchev–Trinajstić information content (AvgIpc) is 2.73. The number of rotatable bonds is 11. The van der Waals surface area contributed by atoms with Gasteiger partial charge in [-0.3, -0.25) is 9.59 Å². The summed E-state index contributed by atoms with van der Waals surface area (Å²) in [7, 11) is 0. The molecule has 0 spiro atoms. The summed E-state index contributed by atoms with van der Waals surface area (Å²) in [6.45, 7) is 4.39. The van der Waals surface area contributed by atoms with Gasteiger partial charge in [0.25, 0.3) is 0 Å². The number of nitrogens with zero attached hydrogens (tertiary/aromatic N) is 1. The molecule has 0 saturated carbocycles. The van der Waals surface area contributed by atoms with Gasteiger partial charge in [-0.1, -0.05) is 61.9 Å². The Hall–Kier alpha value is -2.34. The van der Waals surface area contributed by atoms with E-state index >= 15 is 0 Å². The van der Waals surface area contributed by atoms with Crippen LogP contribution in [0.2, 0.25) is 0 Å². The molecule has 2 aromatic carbocycles. The van der Waals surface area contributed by atoms with Crippen LogP contribution in [-0.4, -0.2) is 35.1 Å². The van der Waals surface area contributed by atoms with Crippen LogP contribution in [0.4, 0.5) is 4.39 Å². The molecule has 2 aromatic rings. The van der Waals surface area contributed by atoms with Crippen LogP contribution in [0.1, 0.15) is 37.8 Å². The average molecular weight is 417 g/mol. The van der Waals surface area contributed by atoms with Gasteiger partial charge < -0.3 is 10.2 Å². The van der Waals surface area contributed by atoms with Crippen LogP contribution in [0.5, 0.6) is 0 Å². The minimum Gasteiger partial charge on any atom is -0.354 e. The molecule has 0 radical (unpaired) electrons. The summed E-state index contributed by atoms with van der Waals surface area (Å²) in [6, 6.07) is 15.6. The zero-order valence-electron chi connectivity index (χ0n) is 17.1. The van der Waals surface area contributed by atoms with Gasteiger partial charge in [-0.05, 0) is 25.0 Å². The largest absolute Gasteiger partial charge is 0.354 e. The Morgan fingerprint density at radius 1 is 1.10 bits per heavy atom. The molecule has 1 atom stereocenters. The number of nitrogens with one attached hydrogen (secondary N) is 1. The molecule has 0 saturated heterocycles. The summed E-state index contributed by atoms with van der Waals surface area (Å²) in [4.78, 5) is 26.9. The molecule has 0 aliphatic rings. The van der Waals surface area contributed by atoms with Gasteiger partial charge in [-0.2, -0.15) is 0 Å². The Bertz CT molecular complexity index is 785. The summed E-state index contributed by atoms with van der Waals surface area (Å²) in [5.74, 6) is 0.178. The number of amides is 2. The first kappa shape index (κ1) is 22.9. The van der Waals surface area contributed by atoms with Crippen molar-refractivity contribution in [3.63, 3.8) is 0 Å². The molecule has 0 fully saturated rings. The van der Waals surface area contributed by atoms with Crippen LogP contribution in [0.3, 0.4) is 0 Å². The number of carbonyl (C=O) groups is 2. The summed E-state index contributed by atoms with van der Waals surface area (Å²) in [5, 5.41) is 2.87. The molecule has 0 aliphatic carbocycles. The van der Waals surface area contributed by atoms with Crippen LogP contribution < -0.4 is 5.32 Å². The number of thioether (sulfide) groups is 1. The lowest BCUT2D eigenvalue weighted by Crippen LogP contribution is -2.48. The second-order valence-corrected chi connectivity index (χ2v) is 7.90. The maximum absolute atomic E-state index is 14.2. The quantitative estimate of drug-likeness (QED) is 0.553. The minimum atomic E-state index is -0.670. The molecule has 156 valence electrons. The number of unbranched alkanes of at least 4 members (excludes halogenated alkanes) is 1. The van der Waals surface area contributed by atoms with E-state index in [4.69, 9.17) is 0 Å². The van der Waals surface area contributed by atoms with Gasteiger partial charge in [-0.25, -0.2) is 4.39 Å². The van der Waals surface area contributed by atoms with Gasteiger partial charge in [0.05, 0.1) is 5.75 Å². The fraction of sp³-hybridized carbons (Fsp3) is 0.391. The normalized spacial score (nSPS) is 11.7. The standard InChI is InChI=1S/C23H29FN2O2S/c1-3-4-14-25-23(28)18(2)26(15-20-12-8-9-13-21(20)24)22(27)17-29-16-19-10-6-5-7-11-19/h5-13,18H,3-4,14-17H2,1-2H3,(H,25,28). The van der Waals surface area contributed by atoms with Crippen molar-refractivity contribution < 1.29 is 14.0 Å². The first-order valence-electron chi connectivity index (χ1n) is 9.95. The lowest BCUT2D eigenvalue weighted by molar-refractivity contribution is -0.138. The molecule has 0 heterocycles. The SMILES string of the molecule is CCCCNC(=O)C(C)N(Cc1ccccc1F)C(=O)CSCc1ccccc1. The highest BCUT2D eigenvalue weighted by Crippen LogP contribution is 2.17. The highest BCUT2D eigenvalue weighted by molar-refractivity contribution is 7.99. The van der Waals surface area contributed by atoms with Gasteiger partial charge >= 0.3 is 0 Å². The van der Waals surface area contributed by atoms with Crippen molar-refractivity contribution in [2.45, 2.75) is 45.0 Å². The third kappa shape index (κ3) is 7.54. The van der Waals surface area contributed by atoms with Crippen molar-refractivity contribution in [1.29, 1.82) is 0 Å². The van der Waals surface area contributed by atoms with E-state index in [1.165, 1.54) is 22.7 Å². The zero-order valence-corrected chi connectivity index (χ0v) is 17.9. The molecule has 0 bridgehead atoms. The van der Waals surface area contributed by atoms with Gasteiger partial charge in [0.15, 0.2) is 0 Å². The van der Waals surface area contributed by atoms with Gasteiger partial charge in [0.2, 0.25) is 11.8 Å². The third-order valence-electron chi connectivity index (χ3n) is 4.63. The van der Waals surface area contributed by atoms with Crippen molar-refractivity contribution in [1.82, 2.24) is 10.2 Å². The Morgan fingerprint density at radius 3 is 2.48 bits per heavy atom. The first-order valence-corrected chi connectivity index (χ1v) is 11.1. The lowest BCUT2D eigenvalue weighted by atomic mass is 10.1. The Labute approximate surface area is 176 Å². The van der Waals surface area contributed by atoms with E-state index in [9.17, 15) is 14.0 Å². The van der Waals surface area contributed by atoms with Gasteiger partial charge in [0, 0.05) is 24.4 Å². The smallest absolute Gasteiger partial charge is 0.242 e. The van der Waals surface area contributed by atoms with Gasteiger partial charge in [0.1, 0.15) is 11.9 Å². The predicted octanol–water partition coefficient (Wildman–Crippen LogP) is 4.39. The van der Waals surface area contributed by atoms with Crippen LogP contribution in [-0.2, 0) is 21.9 Å². The van der Waals surface area contributed by atoms with Crippen molar-refractivity contribution in [2.24, 2.45) is 0 Å². The Balaban J connectivity index is 2.04. The predicted molar refractivity (Wildman–Crippen MR) is 117 cm³/mol. The maximum Gasteiger partial charge on any atom is 0.242 e. The van der Waals surface area contributed by atoms with E-state index in [-0.39, 0.29) is 29.9 Å². The number of hydrogen-bond donors (Lipinski definition) is 1. The Kier molecular flexibility index (Phi) is 9.71. The van der Waals surface area contributed by atoms with E-state index in [1.807, 2.05) is 37.3 Å². The number of halogens is 1. The second-order valence-electron chi connectivity index (χ2n) is 6.91. The molecule has 1 N–H and O–H groups in total. The zero-order chi connectivity index (χ0) is 21.1. The fourth-order valence-electron chi connectivity index (χ4n) is 2.84. The minimum absolute atomic E-state index is 0.0692. The molecule has 6 heteroatoms. The first-order chi connectivity index (χ1) is 14.0. The van der Waals surface area contributed by atoms with Crippen molar-refractivity contribution in [3.05, 3.63) is 71.5 Å². The third-order valence-corrected chi connectivity index (χ3v) is 5.62. The fourth-order valence-corrected chi connectivity index (χ4v) is 3.71. The molecule has 0 aromatic heterocycles. The topological polar surface area (TPSA) is 49.4 Å². The molecule has 2 amide bonds. The highest BCUT2D eigenvalue weighted by Gasteiger charge is 2.26. The van der Waals surface area contributed by atoms with E-state index in [1.54, 1.807) is 25.1 Å². The maximum atomic E-state index is 14.2. The molecule has 1 unspecified atom stereocenters. The van der Waals surface area contributed by atoms with Crippen molar-refractivity contribution >= 4 is 23.6 Å². The lowest BCUT2D eigenvalue weighted by Gasteiger charge is -2.29. The van der Waals surface area contributed by atoms with Crippen molar-refractivity contribution in [2.75, 3.05) is 12.3 Å².